The van der Waals surface area contributed by atoms with Crippen molar-refractivity contribution in [3.63, 3.8) is 0 Å². The second-order valence-corrected chi connectivity index (χ2v) is 9.60. The lowest BCUT2D eigenvalue weighted by Crippen LogP contribution is -2.51. The van der Waals surface area contributed by atoms with Crippen LogP contribution in [0.5, 0.6) is 0 Å². The number of allylic oxidation sites excluding steroid dienone is 1. The maximum atomic E-state index is 11.9. The van der Waals surface area contributed by atoms with Crippen LogP contribution >= 0.6 is 0 Å². The van der Waals surface area contributed by atoms with E-state index in [1.165, 1.54) is 31.3 Å². The van der Waals surface area contributed by atoms with Gasteiger partial charge in [-0.05, 0) is 85.0 Å². The number of fused-ring (bicyclic) bond motifs is 7. The van der Waals surface area contributed by atoms with E-state index in [1.54, 1.807) is 0 Å². The van der Waals surface area contributed by atoms with Gasteiger partial charge in [0, 0.05) is 6.42 Å². The Morgan fingerprint density at radius 1 is 1.13 bits per heavy atom. The molecule has 0 radical (unpaired) electrons. The highest BCUT2D eigenvalue weighted by atomic mass is 16.1. The van der Waals surface area contributed by atoms with Crippen molar-refractivity contribution in [1.82, 2.24) is 0 Å². The maximum absolute atomic E-state index is 11.9. The van der Waals surface area contributed by atoms with Gasteiger partial charge in [-0.2, -0.15) is 5.26 Å². The van der Waals surface area contributed by atoms with Crippen LogP contribution in [-0.4, -0.2) is 5.78 Å². The van der Waals surface area contributed by atoms with Crippen LogP contribution in [0.2, 0.25) is 0 Å². The molecule has 0 aromatic rings. The summed E-state index contributed by atoms with van der Waals surface area (Å²) >= 11 is 0. The highest BCUT2D eigenvalue weighted by Crippen LogP contribution is 2.75. The second-order valence-electron chi connectivity index (χ2n) is 9.60. The molecule has 8 unspecified atom stereocenters. The normalized spacial score (nSPS) is 56.6. The summed E-state index contributed by atoms with van der Waals surface area (Å²) < 4.78 is 0. The first kappa shape index (κ1) is 14.3. The number of hydrogen-bond acceptors (Lipinski definition) is 2. The summed E-state index contributed by atoms with van der Waals surface area (Å²) in [6, 6.07) is 2.71. The van der Waals surface area contributed by atoms with E-state index in [2.05, 4.69) is 19.9 Å². The van der Waals surface area contributed by atoms with Gasteiger partial charge >= 0.3 is 0 Å². The van der Waals surface area contributed by atoms with Crippen LogP contribution in [-0.2, 0) is 4.79 Å². The zero-order chi connectivity index (χ0) is 16.0. The van der Waals surface area contributed by atoms with Crippen molar-refractivity contribution >= 4 is 5.78 Å². The highest BCUT2D eigenvalue weighted by molar-refractivity contribution is 5.91. The molecule has 8 atom stereocenters. The number of nitrogens with zero attached hydrogens (tertiary/aromatic N) is 1. The molecule has 122 valence electrons. The van der Waals surface area contributed by atoms with E-state index < -0.39 is 0 Å². The number of carbonyl (C=O) groups excluding carboxylic acids is 1. The monoisotopic (exact) mass is 309 g/mol. The van der Waals surface area contributed by atoms with Crippen molar-refractivity contribution in [2.45, 2.75) is 58.8 Å². The second kappa shape index (κ2) is 4.29. The average Bonchev–Trinajstić information content (AvgIpc) is 3.23. The average molecular weight is 309 g/mol. The van der Waals surface area contributed by atoms with Gasteiger partial charge in [0.15, 0.2) is 5.78 Å². The highest BCUT2D eigenvalue weighted by Gasteiger charge is 2.70. The Hall–Kier alpha value is -1.10. The molecule has 0 N–H and O–H groups in total. The molecule has 0 aromatic heterocycles. The van der Waals surface area contributed by atoms with Crippen LogP contribution in [0.15, 0.2) is 11.6 Å². The third-order valence-corrected chi connectivity index (χ3v) is 8.89. The van der Waals surface area contributed by atoms with Gasteiger partial charge in [0.25, 0.3) is 0 Å². The van der Waals surface area contributed by atoms with Crippen molar-refractivity contribution in [3.05, 3.63) is 11.6 Å². The standard InChI is InChI=1S/C21H27NO/c1-20-7-5-13(23)9-12(20)3-4-14-17(20)6-8-21(2)18(11-22)15-10-16(15)19(14)21/h9,14-19H,3-8,10H2,1-2H3. The Kier molecular flexibility index (Phi) is 2.66. The number of carbonyl (C=O) groups is 1. The summed E-state index contributed by atoms with van der Waals surface area (Å²) in [6.07, 6.45) is 10.0. The van der Waals surface area contributed by atoms with Crippen LogP contribution in [0.25, 0.3) is 0 Å². The molecule has 5 aliphatic carbocycles. The minimum atomic E-state index is 0.271. The summed E-state index contributed by atoms with van der Waals surface area (Å²) in [5.74, 6) is 4.57. The molecular formula is C21H27NO. The van der Waals surface area contributed by atoms with Crippen molar-refractivity contribution < 1.29 is 4.79 Å². The molecule has 0 spiro atoms. The molecule has 2 heteroatoms. The third-order valence-electron chi connectivity index (χ3n) is 8.89. The van der Waals surface area contributed by atoms with Crippen molar-refractivity contribution in [2.75, 3.05) is 0 Å². The summed E-state index contributed by atoms with van der Waals surface area (Å²) in [6.45, 7) is 4.89. The summed E-state index contributed by atoms with van der Waals surface area (Å²) in [7, 11) is 0. The van der Waals surface area contributed by atoms with Gasteiger partial charge in [-0.15, -0.1) is 0 Å². The molecule has 4 saturated carbocycles. The van der Waals surface area contributed by atoms with Gasteiger partial charge < -0.3 is 0 Å². The molecular weight excluding hydrogens is 282 g/mol. The Morgan fingerprint density at radius 3 is 2.74 bits per heavy atom. The molecule has 5 aliphatic rings. The molecule has 4 fully saturated rings. The Balaban J connectivity index is 1.53. The molecule has 0 amide bonds. The zero-order valence-corrected chi connectivity index (χ0v) is 14.3. The lowest BCUT2D eigenvalue weighted by Gasteiger charge is -2.58. The van der Waals surface area contributed by atoms with E-state index >= 15 is 0 Å². The maximum Gasteiger partial charge on any atom is 0.155 e. The zero-order valence-electron chi connectivity index (χ0n) is 14.3. The van der Waals surface area contributed by atoms with Crippen molar-refractivity contribution in [2.24, 2.45) is 46.3 Å². The first-order chi connectivity index (χ1) is 11.0. The smallest absolute Gasteiger partial charge is 0.155 e. The van der Waals surface area contributed by atoms with E-state index in [1.807, 2.05) is 6.08 Å². The predicted molar refractivity (Wildman–Crippen MR) is 88.2 cm³/mol. The quantitative estimate of drug-likeness (QED) is 0.660. The molecule has 0 aromatic carbocycles. The van der Waals surface area contributed by atoms with Gasteiger partial charge in [0.05, 0.1) is 12.0 Å². The van der Waals surface area contributed by atoms with Crippen LogP contribution in [0.3, 0.4) is 0 Å². The largest absolute Gasteiger partial charge is 0.295 e. The van der Waals surface area contributed by atoms with Gasteiger partial charge in [-0.25, -0.2) is 0 Å². The predicted octanol–water partition coefficient (Wildman–Crippen LogP) is 4.51. The fourth-order valence-corrected chi connectivity index (χ4v) is 7.77. The van der Waals surface area contributed by atoms with E-state index in [9.17, 15) is 10.1 Å². The van der Waals surface area contributed by atoms with E-state index in [4.69, 9.17) is 0 Å². The lowest BCUT2D eigenvalue weighted by atomic mass is 9.46. The molecule has 2 nitrogen and oxygen atoms in total. The summed E-state index contributed by atoms with van der Waals surface area (Å²) in [4.78, 5) is 11.9. The van der Waals surface area contributed by atoms with Crippen molar-refractivity contribution in [1.29, 1.82) is 5.26 Å². The fourth-order valence-electron chi connectivity index (χ4n) is 7.77. The van der Waals surface area contributed by atoms with E-state index in [0.29, 0.717) is 17.6 Å². The summed E-state index contributed by atoms with van der Waals surface area (Å²) in [5.41, 5.74) is 2.01. The van der Waals surface area contributed by atoms with E-state index in [-0.39, 0.29) is 10.8 Å². The minimum Gasteiger partial charge on any atom is -0.295 e. The van der Waals surface area contributed by atoms with Gasteiger partial charge in [-0.3, -0.25) is 4.79 Å². The fraction of sp³-hybridized carbons (Fsp3) is 0.810. The topological polar surface area (TPSA) is 40.9 Å². The number of rotatable bonds is 0. The van der Waals surface area contributed by atoms with Gasteiger partial charge in [0.1, 0.15) is 0 Å². The first-order valence-corrected chi connectivity index (χ1v) is 9.62. The lowest BCUT2D eigenvalue weighted by molar-refractivity contribution is -0.117. The van der Waals surface area contributed by atoms with Crippen LogP contribution in [0.1, 0.15) is 58.8 Å². The van der Waals surface area contributed by atoms with Gasteiger partial charge in [0.2, 0.25) is 0 Å². The number of nitriles is 1. The molecule has 0 saturated heterocycles. The third kappa shape index (κ3) is 1.62. The van der Waals surface area contributed by atoms with Crippen LogP contribution < -0.4 is 0 Å². The van der Waals surface area contributed by atoms with Gasteiger partial charge in [-0.1, -0.05) is 19.4 Å². The molecule has 0 heterocycles. The van der Waals surface area contributed by atoms with Crippen LogP contribution in [0, 0.1) is 57.7 Å². The number of ketones is 1. The summed E-state index contributed by atoms with van der Waals surface area (Å²) in [5, 5.41) is 9.73. The molecule has 5 rings (SSSR count). The molecule has 0 bridgehead atoms. The SMILES string of the molecule is CC12CCC(=O)C=C1CCC1C2CCC2(C)C(C#N)C3CC3C12. The van der Waals surface area contributed by atoms with E-state index in [0.717, 1.165) is 42.9 Å². The molecule has 23 heavy (non-hydrogen) atoms. The van der Waals surface area contributed by atoms with Crippen LogP contribution in [0.4, 0.5) is 0 Å². The van der Waals surface area contributed by atoms with Crippen molar-refractivity contribution in [3.8, 4) is 6.07 Å². The molecule has 0 aliphatic heterocycles. The first-order valence-electron chi connectivity index (χ1n) is 9.62. The number of hydrogen-bond donors (Lipinski definition) is 0. The minimum absolute atomic E-state index is 0.271. The Morgan fingerprint density at radius 2 is 1.96 bits per heavy atom. The Labute approximate surface area is 139 Å². The Bertz CT molecular complexity index is 657.